The topological polar surface area (TPSA) is 122 Å². The number of carboxylic acid groups (broad SMARTS) is 1. The third kappa shape index (κ3) is 5.36. The highest BCUT2D eigenvalue weighted by Gasteiger charge is 2.48. The average molecular weight is 432 g/mol. The maximum atomic E-state index is 13.4. The van der Waals surface area contributed by atoms with E-state index in [0.717, 1.165) is 31.2 Å². The summed E-state index contributed by atoms with van der Waals surface area (Å²) < 4.78 is 5.21. The second kappa shape index (κ2) is 10.1. The normalized spacial score (nSPS) is 24.8. The Bertz CT molecular complexity index is 797. The lowest BCUT2D eigenvalue weighted by Crippen LogP contribution is -2.56. The van der Waals surface area contributed by atoms with E-state index < -0.39 is 30.1 Å². The van der Waals surface area contributed by atoms with Gasteiger partial charge in [0, 0.05) is 11.7 Å². The van der Waals surface area contributed by atoms with Gasteiger partial charge in [-0.15, -0.1) is 0 Å². The largest absolute Gasteiger partial charge is 0.480 e. The minimum atomic E-state index is -0.959. The van der Waals surface area contributed by atoms with Crippen LogP contribution in [0.3, 0.4) is 0 Å². The van der Waals surface area contributed by atoms with Gasteiger partial charge in [0.1, 0.15) is 12.1 Å². The first-order valence-corrected chi connectivity index (χ1v) is 11.1. The number of amides is 1. The molecule has 0 spiro atoms. The van der Waals surface area contributed by atoms with Crippen LogP contribution in [0, 0.1) is 5.92 Å². The lowest BCUT2D eigenvalue weighted by Gasteiger charge is -2.35. The number of benzene rings is 1. The van der Waals surface area contributed by atoms with Crippen LogP contribution in [0.2, 0.25) is 0 Å². The third-order valence-electron chi connectivity index (χ3n) is 6.44. The van der Waals surface area contributed by atoms with Crippen molar-refractivity contribution >= 4 is 23.5 Å². The maximum Gasteiger partial charge on any atom is 0.326 e. The van der Waals surface area contributed by atoms with E-state index in [1.807, 2.05) is 12.1 Å². The lowest BCUT2D eigenvalue weighted by molar-refractivity contribution is -0.151. The van der Waals surface area contributed by atoms with Gasteiger partial charge in [-0.2, -0.15) is 0 Å². The van der Waals surface area contributed by atoms with Gasteiger partial charge in [0.05, 0.1) is 12.6 Å². The molecule has 0 aromatic heterocycles. The van der Waals surface area contributed by atoms with Gasteiger partial charge in [0.2, 0.25) is 5.91 Å². The first-order valence-electron chi connectivity index (χ1n) is 11.1. The van der Waals surface area contributed by atoms with Crippen LogP contribution in [0.1, 0.15) is 51.5 Å². The standard InChI is InChI=1S/C23H33N3O5/c1-3-31-23(30)18(12-15-8-10-17(24)11-9-15)25-14(2)21(27)26-19-7-5-4-6-16(19)13-20(26)22(28)29/h8-11,14,16,18-20,25H,3-7,12-13,24H2,1-2H3,(H,28,29)/t14-,16+,18-,19+,20-/m0/s1. The van der Waals surface area contributed by atoms with E-state index in [1.165, 1.54) is 0 Å². The molecule has 0 bridgehead atoms. The van der Waals surface area contributed by atoms with Gasteiger partial charge in [-0.05, 0) is 63.1 Å². The fourth-order valence-corrected chi connectivity index (χ4v) is 4.94. The van der Waals surface area contributed by atoms with Crippen molar-refractivity contribution in [3.63, 3.8) is 0 Å². The number of rotatable bonds is 8. The molecule has 1 aromatic rings. The summed E-state index contributed by atoms with van der Waals surface area (Å²) >= 11 is 0. The number of nitrogens with two attached hydrogens (primary N) is 1. The van der Waals surface area contributed by atoms with Gasteiger partial charge < -0.3 is 20.5 Å². The average Bonchev–Trinajstić information content (AvgIpc) is 3.14. The van der Waals surface area contributed by atoms with Gasteiger partial charge >= 0.3 is 11.9 Å². The molecule has 5 atom stereocenters. The van der Waals surface area contributed by atoms with Crippen LogP contribution in [0.15, 0.2) is 24.3 Å². The number of esters is 1. The molecule has 4 N–H and O–H groups in total. The van der Waals surface area contributed by atoms with Crippen molar-refractivity contribution < 1.29 is 24.2 Å². The minimum Gasteiger partial charge on any atom is -0.480 e. The second-order valence-electron chi connectivity index (χ2n) is 8.59. The monoisotopic (exact) mass is 431 g/mol. The van der Waals surface area contributed by atoms with Crippen LogP contribution >= 0.6 is 0 Å². The summed E-state index contributed by atoms with van der Waals surface area (Å²) in [7, 11) is 0. The van der Waals surface area contributed by atoms with Crippen LogP contribution in [-0.4, -0.2) is 58.6 Å². The smallest absolute Gasteiger partial charge is 0.326 e. The molecule has 0 radical (unpaired) electrons. The fourth-order valence-electron chi connectivity index (χ4n) is 4.94. The molecule has 1 aliphatic heterocycles. The first kappa shape index (κ1) is 23.1. The van der Waals surface area contributed by atoms with Crippen LogP contribution in [0.5, 0.6) is 0 Å². The van der Waals surface area contributed by atoms with Crippen LogP contribution in [0.25, 0.3) is 0 Å². The molecule has 2 aliphatic rings. The molecule has 1 amide bonds. The zero-order chi connectivity index (χ0) is 22.5. The number of likely N-dealkylation sites (tertiary alicyclic amines) is 1. The van der Waals surface area contributed by atoms with Crippen LogP contribution < -0.4 is 11.1 Å². The highest BCUT2D eigenvalue weighted by atomic mass is 16.5. The molecule has 3 rings (SSSR count). The Kier molecular flexibility index (Phi) is 7.54. The number of ether oxygens (including phenoxy) is 1. The van der Waals surface area contributed by atoms with E-state index in [2.05, 4.69) is 5.32 Å². The Balaban J connectivity index is 1.75. The number of anilines is 1. The minimum absolute atomic E-state index is 0.0373. The van der Waals surface area contributed by atoms with Gasteiger partial charge in [0.25, 0.3) is 0 Å². The molecular formula is C23H33N3O5. The summed E-state index contributed by atoms with van der Waals surface area (Å²) in [5, 5.41) is 12.8. The number of fused-ring (bicyclic) bond motifs is 1. The molecule has 1 aliphatic carbocycles. The number of aliphatic carboxylic acids is 1. The van der Waals surface area contributed by atoms with Crippen molar-refractivity contribution in [2.45, 2.75) is 76.5 Å². The molecule has 1 aromatic carbocycles. The zero-order valence-electron chi connectivity index (χ0n) is 18.3. The number of carboxylic acids is 1. The van der Waals surface area contributed by atoms with Gasteiger partial charge in [0.15, 0.2) is 0 Å². The SMILES string of the molecule is CCOC(=O)[C@H](Cc1ccc(N)cc1)N[C@@H](C)C(=O)N1[C@@H]2CCCC[C@@H]2C[C@H]1C(=O)O. The molecule has 1 saturated heterocycles. The number of nitrogen functional groups attached to an aromatic ring is 1. The predicted molar refractivity (Wildman–Crippen MR) is 116 cm³/mol. The molecular weight excluding hydrogens is 398 g/mol. The van der Waals surface area contributed by atoms with Gasteiger partial charge in [-0.1, -0.05) is 25.0 Å². The predicted octanol–water partition coefficient (Wildman–Crippen LogP) is 1.97. The zero-order valence-corrected chi connectivity index (χ0v) is 18.3. The van der Waals surface area contributed by atoms with Crippen molar-refractivity contribution in [2.24, 2.45) is 5.92 Å². The highest BCUT2D eigenvalue weighted by Crippen LogP contribution is 2.40. The Morgan fingerprint density at radius 2 is 1.90 bits per heavy atom. The van der Waals surface area contributed by atoms with Crippen molar-refractivity contribution in [1.29, 1.82) is 0 Å². The number of carbonyl (C=O) groups excluding carboxylic acids is 2. The maximum absolute atomic E-state index is 13.4. The first-order chi connectivity index (χ1) is 14.8. The summed E-state index contributed by atoms with van der Waals surface area (Å²) in [6.07, 6.45) is 4.72. The molecule has 1 heterocycles. The summed E-state index contributed by atoms with van der Waals surface area (Å²) in [4.78, 5) is 39.4. The fraction of sp³-hybridized carbons (Fsp3) is 0.609. The number of carbonyl (C=O) groups is 3. The Hall–Kier alpha value is -2.61. The second-order valence-corrected chi connectivity index (χ2v) is 8.59. The van der Waals surface area contributed by atoms with Crippen LogP contribution in [0.4, 0.5) is 5.69 Å². The van der Waals surface area contributed by atoms with Crippen LogP contribution in [-0.2, 0) is 25.5 Å². The molecule has 2 fully saturated rings. The van der Waals surface area contributed by atoms with Gasteiger partial charge in [-0.25, -0.2) is 4.79 Å². The molecule has 1 saturated carbocycles. The van der Waals surface area contributed by atoms with Crippen molar-refractivity contribution in [1.82, 2.24) is 10.2 Å². The number of hydrogen-bond donors (Lipinski definition) is 3. The van der Waals surface area contributed by atoms with Crippen molar-refractivity contribution in [2.75, 3.05) is 12.3 Å². The number of nitrogens with one attached hydrogen (secondary N) is 1. The summed E-state index contributed by atoms with van der Waals surface area (Å²) in [6, 6.07) is 4.91. The molecule has 31 heavy (non-hydrogen) atoms. The van der Waals surface area contributed by atoms with E-state index in [1.54, 1.807) is 30.9 Å². The summed E-state index contributed by atoms with van der Waals surface area (Å²) in [6.45, 7) is 3.66. The molecule has 8 heteroatoms. The van der Waals surface area contributed by atoms with Gasteiger partial charge in [-0.3, -0.25) is 14.9 Å². The van der Waals surface area contributed by atoms with Crippen molar-refractivity contribution in [3.8, 4) is 0 Å². The molecule has 0 unspecified atom stereocenters. The Morgan fingerprint density at radius 3 is 2.55 bits per heavy atom. The third-order valence-corrected chi connectivity index (χ3v) is 6.44. The van der Waals surface area contributed by atoms with E-state index >= 15 is 0 Å². The Morgan fingerprint density at radius 1 is 1.23 bits per heavy atom. The Labute approximate surface area is 183 Å². The summed E-state index contributed by atoms with van der Waals surface area (Å²) in [5.41, 5.74) is 7.25. The van der Waals surface area contributed by atoms with Crippen molar-refractivity contribution in [3.05, 3.63) is 29.8 Å². The van der Waals surface area contributed by atoms with E-state index in [0.29, 0.717) is 18.5 Å². The highest BCUT2D eigenvalue weighted by molar-refractivity contribution is 5.88. The number of hydrogen-bond acceptors (Lipinski definition) is 6. The molecule has 8 nitrogen and oxygen atoms in total. The number of nitrogens with zero attached hydrogens (tertiary/aromatic N) is 1. The van der Waals surface area contributed by atoms with E-state index in [4.69, 9.17) is 10.5 Å². The quantitative estimate of drug-likeness (QED) is 0.425. The van der Waals surface area contributed by atoms with E-state index in [-0.39, 0.29) is 24.5 Å². The lowest BCUT2D eigenvalue weighted by atomic mass is 9.84. The molecule has 170 valence electrons. The van der Waals surface area contributed by atoms with E-state index in [9.17, 15) is 19.5 Å². The summed E-state index contributed by atoms with van der Waals surface area (Å²) in [5.74, 6) is -1.43.